The number of H-pyrrole nitrogens is 1. The topological polar surface area (TPSA) is 55.5 Å². The average molecular weight is 327 g/mol. The first kappa shape index (κ1) is 15.6. The summed E-state index contributed by atoms with van der Waals surface area (Å²) >= 11 is 0. The number of rotatable bonds is 2. The Balaban J connectivity index is 1.43. The summed E-state index contributed by atoms with van der Waals surface area (Å²) < 4.78 is 0. The molecule has 6 nitrogen and oxygen atoms in total. The van der Waals surface area contributed by atoms with Gasteiger partial charge in [-0.3, -0.25) is 9.69 Å². The maximum Gasteiger partial charge on any atom is 0.258 e. The Morgan fingerprint density at radius 3 is 2.58 bits per heavy atom. The first-order valence-corrected chi connectivity index (χ1v) is 8.86. The van der Waals surface area contributed by atoms with Crippen molar-refractivity contribution in [2.75, 3.05) is 51.2 Å². The number of likely N-dealkylation sites (N-methyl/N-ethyl adjacent to an activating group) is 1. The molecular weight excluding hydrogens is 302 g/mol. The van der Waals surface area contributed by atoms with Crippen molar-refractivity contribution in [2.45, 2.75) is 18.9 Å². The van der Waals surface area contributed by atoms with Gasteiger partial charge in [-0.25, -0.2) is 4.98 Å². The lowest BCUT2D eigenvalue weighted by Gasteiger charge is -2.42. The summed E-state index contributed by atoms with van der Waals surface area (Å²) in [6, 6.07) is 6.70. The lowest BCUT2D eigenvalue weighted by molar-refractivity contribution is 0.0982. The molecule has 0 bridgehead atoms. The van der Waals surface area contributed by atoms with E-state index in [1.807, 2.05) is 12.1 Å². The lowest BCUT2D eigenvalue weighted by Crippen LogP contribution is -2.52. The zero-order chi connectivity index (χ0) is 16.5. The average Bonchev–Trinajstić information content (AvgIpc) is 2.62. The van der Waals surface area contributed by atoms with Crippen molar-refractivity contribution in [3.63, 3.8) is 0 Å². The highest BCUT2D eigenvalue weighted by Crippen LogP contribution is 2.25. The number of fused-ring (bicyclic) bond motifs is 1. The number of hydrogen-bond acceptors (Lipinski definition) is 5. The van der Waals surface area contributed by atoms with Gasteiger partial charge in [-0.15, -0.1) is 0 Å². The zero-order valence-corrected chi connectivity index (χ0v) is 14.2. The summed E-state index contributed by atoms with van der Waals surface area (Å²) in [5, 5.41) is 0.661. The third kappa shape index (κ3) is 3.03. The van der Waals surface area contributed by atoms with Gasteiger partial charge in [-0.1, -0.05) is 0 Å². The normalized spacial score (nSPS) is 21.5. The van der Waals surface area contributed by atoms with E-state index in [2.05, 4.69) is 37.8 Å². The van der Waals surface area contributed by atoms with Gasteiger partial charge >= 0.3 is 0 Å². The van der Waals surface area contributed by atoms with E-state index in [1.165, 1.54) is 51.0 Å². The van der Waals surface area contributed by atoms with Gasteiger partial charge in [0, 0.05) is 51.0 Å². The van der Waals surface area contributed by atoms with Crippen molar-refractivity contribution in [1.29, 1.82) is 0 Å². The molecule has 0 unspecified atom stereocenters. The molecular formula is C18H25N5O. The van der Waals surface area contributed by atoms with Crippen LogP contribution in [-0.2, 0) is 0 Å². The molecule has 0 spiro atoms. The number of hydrogen-bond donors (Lipinski definition) is 1. The van der Waals surface area contributed by atoms with E-state index in [-0.39, 0.29) is 5.56 Å². The second-order valence-corrected chi connectivity index (χ2v) is 6.99. The Kier molecular flexibility index (Phi) is 4.24. The van der Waals surface area contributed by atoms with E-state index in [1.54, 1.807) is 0 Å². The van der Waals surface area contributed by atoms with Gasteiger partial charge in [0.05, 0.1) is 17.2 Å². The lowest BCUT2D eigenvalue weighted by atomic mass is 10.0. The summed E-state index contributed by atoms with van der Waals surface area (Å²) in [4.78, 5) is 26.2. The fraction of sp³-hybridized carbons (Fsp3) is 0.556. The Bertz CT molecular complexity index is 757. The van der Waals surface area contributed by atoms with Crippen LogP contribution in [0.1, 0.15) is 12.8 Å². The Labute approximate surface area is 142 Å². The molecule has 0 radical (unpaired) electrons. The highest BCUT2D eigenvalue weighted by atomic mass is 16.1. The summed E-state index contributed by atoms with van der Waals surface area (Å²) in [6.07, 6.45) is 3.91. The summed E-state index contributed by atoms with van der Waals surface area (Å²) in [5.41, 5.74) is 1.88. The van der Waals surface area contributed by atoms with Gasteiger partial charge < -0.3 is 14.8 Å². The number of piperidine rings is 1. The standard InChI is InChI=1S/C18H25N5O/c1-21-8-10-23(11-9-21)14-4-6-22(7-5-14)15-2-3-16-17(12-15)19-13-20-18(16)24/h2-3,12-14H,4-11H2,1H3,(H,19,20,24). The highest BCUT2D eigenvalue weighted by molar-refractivity contribution is 5.81. The third-order valence-corrected chi connectivity index (χ3v) is 5.51. The largest absolute Gasteiger partial charge is 0.371 e. The van der Waals surface area contributed by atoms with Crippen molar-refractivity contribution in [2.24, 2.45) is 0 Å². The van der Waals surface area contributed by atoms with Crippen LogP contribution >= 0.6 is 0 Å². The Hall–Kier alpha value is -1.92. The molecule has 2 fully saturated rings. The van der Waals surface area contributed by atoms with Crippen LogP contribution in [0, 0.1) is 0 Å². The third-order valence-electron chi connectivity index (χ3n) is 5.51. The van der Waals surface area contributed by atoms with Crippen LogP contribution in [0.3, 0.4) is 0 Å². The summed E-state index contributed by atoms with van der Waals surface area (Å²) in [7, 11) is 2.21. The van der Waals surface area contributed by atoms with E-state index in [4.69, 9.17) is 0 Å². The molecule has 0 atom stereocenters. The molecule has 24 heavy (non-hydrogen) atoms. The zero-order valence-electron chi connectivity index (χ0n) is 14.2. The molecule has 1 aromatic carbocycles. The van der Waals surface area contributed by atoms with Crippen LogP contribution in [0.4, 0.5) is 5.69 Å². The SMILES string of the molecule is CN1CCN(C2CCN(c3ccc4c(=O)[nH]cnc4c3)CC2)CC1. The van der Waals surface area contributed by atoms with E-state index < -0.39 is 0 Å². The molecule has 128 valence electrons. The molecule has 2 aromatic rings. The van der Waals surface area contributed by atoms with E-state index in [9.17, 15) is 4.79 Å². The van der Waals surface area contributed by atoms with Gasteiger partial charge in [-0.05, 0) is 38.1 Å². The molecule has 1 N–H and O–H groups in total. The van der Waals surface area contributed by atoms with Gasteiger partial charge in [0.1, 0.15) is 0 Å². The summed E-state index contributed by atoms with van der Waals surface area (Å²) in [5.74, 6) is 0. The van der Waals surface area contributed by atoms with Crippen LogP contribution < -0.4 is 10.5 Å². The molecule has 0 aliphatic carbocycles. The smallest absolute Gasteiger partial charge is 0.258 e. The molecule has 4 rings (SSSR count). The minimum absolute atomic E-state index is 0.0691. The number of aromatic nitrogens is 2. The molecule has 3 heterocycles. The first-order chi connectivity index (χ1) is 11.7. The second kappa shape index (κ2) is 6.53. The quantitative estimate of drug-likeness (QED) is 0.896. The maximum atomic E-state index is 11.8. The molecule has 0 saturated carbocycles. The number of nitrogens with zero attached hydrogens (tertiary/aromatic N) is 4. The number of benzene rings is 1. The van der Waals surface area contributed by atoms with Crippen molar-refractivity contribution in [3.05, 3.63) is 34.9 Å². The van der Waals surface area contributed by atoms with Crippen molar-refractivity contribution >= 4 is 16.6 Å². The van der Waals surface area contributed by atoms with Crippen LogP contribution in [0.15, 0.2) is 29.3 Å². The van der Waals surface area contributed by atoms with Gasteiger partial charge in [0.25, 0.3) is 5.56 Å². The highest BCUT2D eigenvalue weighted by Gasteiger charge is 2.26. The predicted octanol–water partition coefficient (Wildman–Crippen LogP) is 1.14. The van der Waals surface area contributed by atoms with Crippen molar-refractivity contribution < 1.29 is 0 Å². The van der Waals surface area contributed by atoms with Crippen LogP contribution in [-0.4, -0.2) is 72.1 Å². The number of nitrogens with one attached hydrogen (secondary N) is 1. The Morgan fingerprint density at radius 1 is 1.08 bits per heavy atom. The maximum absolute atomic E-state index is 11.8. The predicted molar refractivity (Wildman–Crippen MR) is 96.7 cm³/mol. The Morgan fingerprint density at radius 2 is 1.83 bits per heavy atom. The molecule has 2 aliphatic heterocycles. The van der Waals surface area contributed by atoms with Gasteiger partial charge in [0.15, 0.2) is 0 Å². The fourth-order valence-corrected chi connectivity index (χ4v) is 3.93. The molecule has 0 amide bonds. The summed E-state index contributed by atoms with van der Waals surface area (Å²) in [6.45, 7) is 6.92. The van der Waals surface area contributed by atoms with Crippen LogP contribution in [0.2, 0.25) is 0 Å². The first-order valence-electron chi connectivity index (χ1n) is 8.86. The van der Waals surface area contributed by atoms with Gasteiger partial charge in [0.2, 0.25) is 0 Å². The van der Waals surface area contributed by atoms with E-state index in [0.29, 0.717) is 5.39 Å². The second-order valence-electron chi connectivity index (χ2n) is 6.99. The van der Waals surface area contributed by atoms with Gasteiger partial charge in [-0.2, -0.15) is 0 Å². The fourth-order valence-electron chi connectivity index (χ4n) is 3.93. The number of aromatic amines is 1. The molecule has 6 heteroatoms. The number of anilines is 1. The minimum atomic E-state index is -0.0691. The van der Waals surface area contributed by atoms with E-state index >= 15 is 0 Å². The van der Waals surface area contributed by atoms with Crippen LogP contribution in [0.5, 0.6) is 0 Å². The number of piperazine rings is 1. The molecule has 2 aliphatic rings. The van der Waals surface area contributed by atoms with Crippen molar-refractivity contribution in [1.82, 2.24) is 19.8 Å². The van der Waals surface area contributed by atoms with Crippen LogP contribution in [0.25, 0.3) is 10.9 Å². The van der Waals surface area contributed by atoms with Crippen molar-refractivity contribution in [3.8, 4) is 0 Å². The molecule has 1 aromatic heterocycles. The minimum Gasteiger partial charge on any atom is -0.371 e. The molecule has 2 saturated heterocycles. The monoisotopic (exact) mass is 327 g/mol. The van der Waals surface area contributed by atoms with E-state index in [0.717, 1.165) is 24.6 Å².